The maximum absolute atomic E-state index is 12.1. The van der Waals surface area contributed by atoms with Crippen molar-refractivity contribution < 1.29 is 13.2 Å². The Morgan fingerprint density at radius 1 is 1.41 bits per heavy atom. The van der Waals surface area contributed by atoms with E-state index in [0.717, 1.165) is 19.1 Å². The van der Waals surface area contributed by atoms with Gasteiger partial charge in [-0.15, -0.1) is 0 Å². The number of nitrogens with two attached hydrogens (primary N) is 1. The van der Waals surface area contributed by atoms with Crippen LogP contribution in [0.2, 0.25) is 0 Å². The van der Waals surface area contributed by atoms with Crippen molar-refractivity contribution in [3.63, 3.8) is 0 Å². The van der Waals surface area contributed by atoms with Crippen molar-refractivity contribution in [1.82, 2.24) is 4.90 Å². The predicted molar refractivity (Wildman–Crippen MR) is 67.3 cm³/mol. The first-order valence-corrected chi connectivity index (χ1v) is 7.70. The molecule has 0 saturated carbocycles. The van der Waals surface area contributed by atoms with E-state index in [9.17, 15) is 13.2 Å². The topological polar surface area (TPSA) is 80.5 Å². The van der Waals surface area contributed by atoms with Gasteiger partial charge in [-0.2, -0.15) is 0 Å². The standard InChI is InChI=1S/C11H22N2O3S/c1-5-6-11(12)7-13(8-11)9(14)10(2,3)17(4,15)16/h5-8,12H2,1-4H3. The number of likely N-dealkylation sites (tertiary alicyclic amines) is 1. The maximum Gasteiger partial charge on any atom is 0.243 e. The summed E-state index contributed by atoms with van der Waals surface area (Å²) in [5.74, 6) is -0.350. The molecular weight excluding hydrogens is 240 g/mol. The second-order valence-corrected chi connectivity index (χ2v) is 8.12. The number of nitrogens with zero attached hydrogens (tertiary/aromatic N) is 1. The fraction of sp³-hybridized carbons (Fsp3) is 0.909. The zero-order valence-corrected chi connectivity index (χ0v) is 11.8. The molecular formula is C11H22N2O3S. The first-order valence-electron chi connectivity index (χ1n) is 5.81. The van der Waals surface area contributed by atoms with Crippen LogP contribution in [-0.2, 0) is 14.6 Å². The van der Waals surface area contributed by atoms with Crippen LogP contribution in [0.15, 0.2) is 0 Å². The fourth-order valence-electron chi connectivity index (χ4n) is 2.05. The minimum atomic E-state index is -3.40. The normalized spacial score (nSPS) is 19.9. The Morgan fingerprint density at radius 3 is 2.24 bits per heavy atom. The molecule has 1 aliphatic heterocycles. The number of hydrogen-bond acceptors (Lipinski definition) is 4. The average Bonchev–Trinajstić information content (AvgIpc) is 2.11. The molecule has 17 heavy (non-hydrogen) atoms. The summed E-state index contributed by atoms with van der Waals surface area (Å²) in [6, 6.07) is 0. The predicted octanol–water partition coefficient (Wildman–Crippen LogP) is 0.149. The molecule has 0 spiro atoms. The molecule has 1 heterocycles. The largest absolute Gasteiger partial charge is 0.338 e. The third-order valence-electron chi connectivity index (χ3n) is 3.49. The van der Waals surface area contributed by atoms with Gasteiger partial charge in [0.15, 0.2) is 9.84 Å². The van der Waals surface area contributed by atoms with E-state index < -0.39 is 14.6 Å². The third-order valence-corrected chi connectivity index (χ3v) is 5.52. The molecule has 5 nitrogen and oxygen atoms in total. The van der Waals surface area contributed by atoms with Gasteiger partial charge in [0.25, 0.3) is 0 Å². The van der Waals surface area contributed by atoms with Crippen molar-refractivity contribution in [2.75, 3.05) is 19.3 Å². The van der Waals surface area contributed by atoms with Gasteiger partial charge in [0.2, 0.25) is 5.91 Å². The average molecular weight is 262 g/mol. The van der Waals surface area contributed by atoms with Crippen LogP contribution in [0, 0.1) is 0 Å². The lowest BCUT2D eigenvalue weighted by atomic mass is 9.85. The van der Waals surface area contributed by atoms with Gasteiger partial charge in [-0.05, 0) is 20.3 Å². The van der Waals surface area contributed by atoms with Gasteiger partial charge >= 0.3 is 0 Å². The molecule has 1 saturated heterocycles. The fourth-order valence-corrected chi connectivity index (χ4v) is 2.50. The van der Waals surface area contributed by atoms with E-state index in [1.54, 1.807) is 0 Å². The highest BCUT2D eigenvalue weighted by Crippen LogP contribution is 2.28. The molecule has 0 aromatic rings. The van der Waals surface area contributed by atoms with Crippen LogP contribution in [0.1, 0.15) is 33.6 Å². The summed E-state index contributed by atoms with van der Waals surface area (Å²) >= 11 is 0. The van der Waals surface area contributed by atoms with Gasteiger partial charge < -0.3 is 10.6 Å². The number of carbonyl (C=O) groups excluding carboxylic acids is 1. The summed E-state index contributed by atoms with van der Waals surface area (Å²) in [4.78, 5) is 13.6. The molecule has 0 unspecified atom stereocenters. The van der Waals surface area contributed by atoms with E-state index in [2.05, 4.69) is 0 Å². The van der Waals surface area contributed by atoms with Gasteiger partial charge in [-0.25, -0.2) is 8.42 Å². The molecule has 0 aromatic heterocycles. The van der Waals surface area contributed by atoms with Crippen LogP contribution in [0.3, 0.4) is 0 Å². The SMILES string of the molecule is CCCC1(N)CN(C(=O)C(C)(C)S(C)(=O)=O)C1. The van der Waals surface area contributed by atoms with Crippen molar-refractivity contribution >= 4 is 15.7 Å². The molecule has 0 atom stereocenters. The molecule has 1 fully saturated rings. The van der Waals surface area contributed by atoms with E-state index >= 15 is 0 Å². The maximum atomic E-state index is 12.1. The summed E-state index contributed by atoms with van der Waals surface area (Å²) in [7, 11) is -3.40. The molecule has 100 valence electrons. The van der Waals surface area contributed by atoms with Crippen molar-refractivity contribution in [2.45, 2.75) is 43.9 Å². The highest BCUT2D eigenvalue weighted by atomic mass is 32.2. The van der Waals surface area contributed by atoms with E-state index in [-0.39, 0.29) is 11.4 Å². The lowest BCUT2D eigenvalue weighted by molar-refractivity contribution is -0.140. The van der Waals surface area contributed by atoms with Crippen LogP contribution in [0.25, 0.3) is 0 Å². The van der Waals surface area contributed by atoms with Gasteiger partial charge in [-0.3, -0.25) is 4.79 Å². The second-order valence-electron chi connectivity index (χ2n) is 5.56. The minimum absolute atomic E-state index is 0.321. The Balaban J connectivity index is 2.71. The lowest BCUT2D eigenvalue weighted by Crippen LogP contribution is -2.71. The van der Waals surface area contributed by atoms with Crippen molar-refractivity contribution in [2.24, 2.45) is 5.73 Å². The molecule has 0 radical (unpaired) electrons. The van der Waals surface area contributed by atoms with Gasteiger partial charge in [0.1, 0.15) is 4.75 Å². The van der Waals surface area contributed by atoms with Crippen molar-refractivity contribution in [3.8, 4) is 0 Å². The first kappa shape index (κ1) is 14.4. The quantitative estimate of drug-likeness (QED) is 0.782. The van der Waals surface area contributed by atoms with Crippen LogP contribution in [-0.4, -0.2) is 48.9 Å². The molecule has 1 aliphatic rings. The number of rotatable bonds is 4. The molecule has 0 aromatic carbocycles. The molecule has 0 aliphatic carbocycles. The monoisotopic (exact) mass is 262 g/mol. The van der Waals surface area contributed by atoms with Crippen LogP contribution in [0.5, 0.6) is 0 Å². The molecule has 0 bridgehead atoms. The Labute approximate surface area is 103 Å². The smallest absolute Gasteiger partial charge is 0.243 e. The molecule has 1 rings (SSSR count). The highest BCUT2D eigenvalue weighted by molar-refractivity contribution is 7.92. The van der Waals surface area contributed by atoms with Gasteiger partial charge in [0.05, 0.1) is 5.54 Å². The Bertz CT molecular complexity index is 408. The minimum Gasteiger partial charge on any atom is -0.338 e. The number of sulfone groups is 1. The summed E-state index contributed by atoms with van der Waals surface area (Å²) in [6.45, 7) is 5.85. The van der Waals surface area contributed by atoms with Crippen LogP contribution >= 0.6 is 0 Å². The third kappa shape index (κ3) is 2.63. The van der Waals surface area contributed by atoms with E-state index in [1.165, 1.54) is 18.7 Å². The number of carbonyl (C=O) groups is 1. The number of amides is 1. The summed E-state index contributed by atoms with van der Waals surface area (Å²) in [6.07, 6.45) is 2.91. The number of hydrogen-bond donors (Lipinski definition) is 1. The van der Waals surface area contributed by atoms with Crippen molar-refractivity contribution in [1.29, 1.82) is 0 Å². The molecule has 1 amide bonds. The summed E-state index contributed by atoms with van der Waals surface area (Å²) in [5.41, 5.74) is 5.73. The lowest BCUT2D eigenvalue weighted by Gasteiger charge is -2.49. The zero-order chi connectivity index (χ0) is 13.5. The summed E-state index contributed by atoms with van der Waals surface area (Å²) < 4.78 is 21.7. The zero-order valence-electron chi connectivity index (χ0n) is 11.0. The summed E-state index contributed by atoms with van der Waals surface area (Å²) in [5, 5.41) is 0. The van der Waals surface area contributed by atoms with Gasteiger partial charge in [0, 0.05) is 19.3 Å². The highest BCUT2D eigenvalue weighted by Gasteiger charge is 2.48. The molecule has 2 N–H and O–H groups in total. The first-order chi connectivity index (χ1) is 7.53. The Morgan fingerprint density at radius 2 is 1.88 bits per heavy atom. The van der Waals surface area contributed by atoms with Crippen molar-refractivity contribution in [3.05, 3.63) is 0 Å². The van der Waals surface area contributed by atoms with Gasteiger partial charge in [-0.1, -0.05) is 13.3 Å². The second kappa shape index (κ2) is 4.24. The Kier molecular flexibility index (Phi) is 3.60. The van der Waals surface area contributed by atoms with E-state index in [1.807, 2.05) is 6.92 Å². The van der Waals surface area contributed by atoms with E-state index in [0.29, 0.717) is 13.1 Å². The Hall–Kier alpha value is -0.620. The molecule has 6 heteroatoms. The van der Waals surface area contributed by atoms with Crippen LogP contribution < -0.4 is 5.73 Å². The van der Waals surface area contributed by atoms with Crippen LogP contribution in [0.4, 0.5) is 0 Å². The van der Waals surface area contributed by atoms with E-state index in [4.69, 9.17) is 5.73 Å².